The molecule has 2 amide bonds. The van der Waals surface area contributed by atoms with Gasteiger partial charge in [-0.2, -0.15) is 25.2 Å². The Labute approximate surface area is 764 Å². The number of hydrogen-bond donors (Lipinski definition) is 5. The fourth-order valence-electron chi connectivity index (χ4n) is 16.3. The summed E-state index contributed by atoms with van der Waals surface area (Å²) in [5, 5.41) is 26.4. The molecule has 4 aliphatic carbocycles. The minimum atomic E-state index is -0.506. The van der Waals surface area contributed by atoms with Crippen LogP contribution < -0.4 is 33.6 Å². The summed E-state index contributed by atoms with van der Waals surface area (Å²) in [6.45, 7) is 8.14. The molecule has 17 heterocycles. The molecule has 0 bridgehead atoms. The maximum absolute atomic E-state index is 12.4. The lowest BCUT2D eigenvalue weighted by molar-refractivity contribution is -0.118. The highest BCUT2D eigenvalue weighted by Crippen LogP contribution is 2.52. The summed E-state index contributed by atoms with van der Waals surface area (Å²) in [5.74, 6) is 5.60. The number of nitriles is 1. The molecule has 10 N–H and O–H groups in total. The predicted molar refractivity (Wildman–Crippen MR) is 485 cm³/mol. The van der Waals surface area contributed by atoms with Gasteiger partial charge in [0.2, 0.25) is 29.7 Å². The predicted octanol–water partition coefficient (Wildman–Crippen LogP) is 13.1. The summed E-state index contributed by atoms with van der Waals surface area (Å²) in [6.07, 6.45) is 39.5. The van der Waals surface area contributed by atoms with Gasteiger partial charge in [0.05, 0.1) is 66.7 Å². The Morgan fingerprint density at radius 3 is 1.07 bits per heavy atom. The van der Waals surface area contributed by atoms with Crippen molar-refractivity contribution in [1.29, 1.82) is 5.26 Å². The highest BCUT2D eigenvalue weighted by molar-refractivity contribution is 6.31. The molecule has 668 valence electrons. The lowest BCUT2D eigenvalue weighted by Gasteiger charge is -2.39. The largest absolute Gasteiger partial charge is 0.444 e. The SMILES string of the molecule is CC(C)(C)OC(=O)N1CCN(c2ccc(-c3nc(C4(c5ccc(-c6cnc(N)nc6)nc5)CCC4)no3)cn2)CC1.N#Cc1ccc(-c2nc(C3(c4ccc(-c5cnc(N)nc5)nc4)CCC3)no2)cn1.NC(=O)CCc1ccc(-c2nc(C3(c4ccc(-c5cnc(N)nc5)nc4)CCC3)no2)cn1.Nc1ncc(-c2ccc(C3(c4noc(-c5cccnc5Cl)n4)CCC3)cn2)cn1. The molecule has 133 heavy (non-hydrogen) atoms. The average molecular weight is 1800 g/mol. The van der Waals surface area contributed by atoms with Crippen LogP contribution in [-0.4, -0.2) is 169 Å². The Bertz CT molecular complexity index is 6780. The number of nitrogens with two attached hydrogens (primary N) is 5. The van der Waals surface area contributed by atoms with Gasteiger partial charge in [0, 0.05) is 160 Å². The van der Waals surface area contributed by atoms with E-state index in [0.29, 0.717) is 101 Å². The summed E-state index contributed by atoms with van der Waals surface area (Å²) in [4.78, 5) is 114. The third-order valence-corrected chi connectivity index (χ3v) is 24.7. The molecule has 16 aromatic rings. The standard InChI is InChI=1S/C29H33N9O3.C23H22N8O2.C21H16N8O.C20H16ClN7O/c1-28(2,3)40-27(39)38-13-11-37(12-14-38)23-8-5-19(15-32-23)24-35-25(36-41-24)29(9-4-10-29)21-6-7-22(31-18-21)20-16-33-26(30)34-17-20;24-19(32)7-5-17-4-2-14(10-26-17)20-30-21(31-33-20)23(8-1-9-23)16-3-6-18(27-13-16)15-11-28-22(25)29-12-15;22-8-16-4-2-13(9-24-16)18-28-19(29-30-18)21(6-1-7-21)15-3-5-17(25-12-15)14-10-26-20(23)27-11-14;21-16-14(3-1-8-23-16)17-27-18(28-29-17)20(6-2-7-20)13-4-5-15(24-11-13)12-9-25-19(22)26-10-12/h5-8,15-18H,4,9-14H2,1-3H3,(H2,30,33,34);2-4,6,10-13H,1,5,7-9H2,(H2,24,32)(H2,25,28,29);2-5,9-12H,1,6-7H2,(H2,23,26,27);1,3-5,8-11H,2,6-7H2,(H2,22,25,26). The highest BCUT2D eigenvalue weighted by Gasteiger charge is 2.49. The monoisotopic (exact) mass is 1800 g/mol. The van der Waals surface area contributed by atoms with Crippen LogP contribution in [0.4, 0.5) is 34.4 Å². The normalized spacial score (nSPS) is 15.4. The maximum Gasteiger partial charge on any atom is 0.410 e. The maximum atomic E-state index is 12.4. The van der Waals surface area contributed by atoms with Crippen molar-refractivity contribution < 1.29 is 32.4 Å². The Morgan fingerprint density at radius 2 is 0.767 bits per heavy atom. The van der Waals surface area contributed by atoms with Crippen molar-refractivity contribution in [3.8, 4) is 96.9 Å². The number of carbonyl (C=O) groups is 2. The van der Waals surface area contributed by atoms with E-state index >= 15 is 0 Å². The van der Waals surface area contributed by atoms with E-state index in [4.69, 9.17) is 78.3 Å². The van der Waals surface area contributed by atoms with E-state index in [2.05, 4.69) is 121 Å². The number of anilines is 5. The van der Waals surface area contributed by atoms with Crippen molar-refractivity contribution in [3.63, 3.8) is 0 Å². The first kappa shape index (κ1) is 87.3. The second-order valence-electron chi connectivity index (χ2n) is 33.7. The number of aryl methyl sites for hydroxylation is 1. The number of primary amides is 1. The quantitative estimate of drug-likeness (QED) is 0.0442. The first-order chi connectivity index (χ1) is 64.6. The first-order valence-corrected chi connectivity index (χ1v) is 43.4. The summed E-state index contributed by atoms with van der Waals surface area (Å²) in [6, 6.07) is 32.5. The van der Waals surface area contributed by atoms with E-state index < -0.39 is 5.60 Å². The Kier molecular flexibility index (Phi) is 24.5. The molecule has 0 spiro atoms. The molecule has 0 atom stereocenters. The number of aromatic nitrogens is 24. The first-order valence-electron chi connectivity index (χ1n) is 43.0. The van der Waals surface area contributed by atoms with Gasteiger partial charge in [-0.05, 0) is 174 Å². The number of amides is 2. The summed E-state index contributed by atoms with van der Waals surface area (Å²) >= 11 is 6.17. The minimum absolute atomic E-state index is 0.229. The zero-order valence-electron chi connectivity index (χ0n) is 72.4. The molecule has 1 saturated heterocycles. The second-order valence-corrected chi connectivity index (χ2v) is 34.1. The summed E-state index contributed by atoms with van der Waals surface area (Å²) < 4.78 is 27.8. The number of nitrogen functional groups attached to an aromatic ring is 4. The van der Waals surface area contributed by atoms with Crippen molar-refractivity contribution >= 4 is 53.2 Å². The summed E-state index contributed by atoms with van der Waals surface area (Å²) in [7, 11) is 0. The molecule has 1 aliphatic heterocycles. The zero-order chi connectivity index (χ0) is 91.9. The van der Waals surface area contributed by atoms with Gasteiger partial charge in [0.1, 0.15) is 28.3 Å². The average Bonchev–Trinajstić information content (AvgIpc) is 1.73. The van der Waals surface area contributed by atoms with Gasteiger partial charge >= 0.3 is 6.09 Å². The lowest BCUT2D eigenvalue weighted by Crippen LogP contribution is -2.50. The molecule has 40 heteroatoms. The molecule has 5 aliphatic rings. The lowest BCUT2D eigenvalue weighted by atomic mass is 9.64. The number of ether oxygens (including phenoxy) is 1. The number of halogens is 1. The van der Waals surface area contributed by atoms with E-state index in [9.17, 15) is 9.59 Å². The number of nitrogens with zero attached hydrogens (tertiary/aromatic N) is 27. The molecular formula is C93H87ClN32O7. The van der Waals surface area contributed by atoms with Gasteiger partial charge in [-0.15, -0.1) is 0 Å². The van der Waals surface area contributed by atoms with Crippen molar-refractivity contribution in [2.24, 2.45) is 5.73 Å². The van der Waals surface area contributed by atoms with Crippen LogP contribution in [0.15, 0.2) is 214 Å². The van der Waals surface area contributed by atoms with E-state index in [0.717, 1.165) is 167 Å². The van der Waals surface area contributed by atoms with Crippen molar-refractivity contribution in [1.82, 2.24) is 125 Å². The second kappa shape index (κ2) is 37.4. The highest BCUT2D eigenvalue weighted by atomic mass is 35.5. The third-order valence-electron chi connectivity index (χ3n) is 24.4. The van der Waals surface area contributed by atoms with Gasteiger partial charge in [-0.3, -0.25) is 29.7 Å². The molecule has 0 aromatic carbocycles. The van der Waals surface area contributed by atoms with Gasteiger partial charge in [0.25, 0.3) is 23.6 Å². The van der Waals surface area contributed by atoms with Gasteiger partial charge in [-0.1, -0.05) is 82.2 Å². The molecule has 0 unspecified atom stereocenters. The number of carbonyl (C=O) groups excluding carboxylic acids is 2. The Hall–Kier alpha value is -16.4. The number of rotatable bonds is 20. The molecule has 5 fully saturated rings. The van der Waals surface area contributed by atoms with Crippen LogP contribution in [0, 0.1) is 11.3 Å². The molecule has 16 aromatic heterocycles. The molecule has 21 rings (SSSR count). The van der Waals surface area contributed by atoms with Gasteiger partial charge < -0.3 is 61.3 Å². The minimum Gasteiger partial charge on any atom is -0.444 e. The molecule has 4 saturated carbocycles. The number of piperazine rings is 1. The number of pyridine rings is 8. The van der Waals surface area contributed by atoms with E-state index in [1.807, 2.05) is 124 Å². The van der Waals surface area contributed by atoms with Crippen molar-refractivity contribution in [2.45, 2.75) is 138 Å². The van der Waals surface area contributed by atoms with Crippen LogP contribution in [-0.2, 0) is 37.6 Å². The summed E-state index contributed by atoms with van der Waals surface area (Å²) in [5.41, 5.74) is 40.1. The fraction of sp³-hybridized carbons (Fsp3) is 0.280. The van der Waals surface area contributed by atoms with Gasteiger partial charge in [0.15, 0.2) is 23.3 Å². The van der Waals surface area contributed by atoms with Crippen molar-refractivity contribution in [3.05, 3.63) is 258 Å². The number of hydrogen-bond acceptors (Lipinski definition) is 37. The smallest absolute Gasteiger partial charge is 0.410 e. The van der Waals surface area contributed by atoms with Crippen LogP contribution in [0.2, 0.25) is 5.15 Å². The van der Waals surface area contributed by atoms with Crippen LogP contribution in [0.25, 0.3) is 90.8 Å². The zero-order valence-corrected chi connectivity index (χ0v) is 73.2. The molecular weight excluding hydrogens is 1710 g/mol. The topological polar surface area (TPSA) is 566 Å². The van der Waals surface area contributed by atoms with Crippen LogP contribution in [0.5, 0.6) is 0 Å². The van der Waals surface area contributed by atoms with Crippen LogP contribution in [0.3, 0.4) is 0 Å². The van der Waals surface area contributed by atoms with Crippen molar-refractivity contribution in [2.75, 3.05) is 54.0 Å². The Morgan fingerprint density at radius 1 is 0.414 bits per heavy atom. The van der Waals surface area contributed by atoms with E-state index in [-0.39, 0.29) is 63.9 Å². The van der Waals surface area contributed by atoms with Crippen LogP contribution >= 0.6 is 11.6 Å². The molecule has 39 nitrogen and oxygen atoms in total. The van der Waals surface area contributed by atoms with E-state index in [1.54, 1.807) is 97.5 Å². The van der Waals surface area contributed by atoms with Crippen LogP contribution in [0.1, 0.15) is 161 Å². The fourth-order valence-corrected chi connectivity index (χ4v) is 16.5. The van der Waals surface area contributed by atoms with E-state index in [1.165, 1.54) is 0 Å². The third kappa shape index (κ3) is 18.7. The Balaban J connectivity index is 0.000000120. The molecule has 0 radical (unpaired) electrons. The van der Waals surface area contributed by atoms with Gasteiger partial charge in [-0.25, -0.2) is 59.6 Å².